The van der Waals surface area contributed by atoms with Crippen LogP contribution in [-0.4, -0.2) is 11.1 Å². The van der Waals surface area contributed by atoms with Gasteiger partial charge >= 0.3 is 0 Å². The van der Waals surface area contributed by atoms with Gasteiger partial charge in [0.25, 0.3) is 0 Å². The average molecular weight is 232 g/mol. The molecule has 3 rings (SSSR count). The fourth-order valence-corrected chi connectivity index (χ4v) is 2.73. The first-order chi connectivity index (χ1) is 8.38. The maximum absolute atomic E-state index is 5.72. The molecule has 17 heavy (non-hydrogen) atoms. The molecule has 1 aromatic carbocycles. The fraction of sp³-hybridized carbons (Fsp3) is 0.571. The summed E-state index contributed by atoms with van der Waals surface area (Å²) in [6.45, 7) is 0.609. The minimum atomic E-state index is 0.199. The third-order valence-electron chi connectivity index (χ3n) is 3.84. The SMILES string of the molecule is NCc1ccc(C2ON2C2CCCCC2)cc1. The van der Waals surface area contributed by atoms with Crippen LogP contribution in [0.2, 0.25) is 0 Å². The summed E-state index contributed by atoms with van der Waals surface area (Å²) in [4.78, 5) is 5.72. The van der Waals surface area contributed by atoms with Crippen LogP contribution in [0.5, 0.6) is 0 Å². The highest BCUT2D eigenvalue weighted by atomic mass is 16.8. The molecule has 2 fully saturated rings. The molecule has 1 aliphatic carbocycles. The van der Waals surface area contributed by atoms with Gasteiger partial charge < -0.3 is 5.73 Å². The first kappa shape index (κ1) is 11.2. The van der Waals surface area contributed by atoms with Crippen molar-refractivity contribution in [3.05, 3.63) is 35.4 Å². The third kappa shape index (κ3) is 2.37. The number of hydroxylamine groups is 2. The van der Waals surface area contributed by atoms with E-state index < -0.39 is 0 Å². The van der Waals surface area contributed by atoms with Gasteiger partial charge in [-0.2, -0.15) is 0 Å². The van der Waals surface area contributed by atoms with E-state index in [1.54, 1.807) is 0 Å². The maximum Gasteiger partial charge on any atom is 0.180 e. The Morgan fingerprint density at radius 3 is 2.47 bits per heavy atom. The second kappa shape index (κ2) is 4.77. The van der Waals surface area contributed by atoms with Crippen molar-refractivity contribution in [3.63, 3.8) is 0 Å². The molecule has 0 spiro atoms. The highest BCUT2D eigenvalue weighted by molar-refractivity contribution is 5.25. The first-order valence-corrected chi connectivity index (χ1v) is 6.62. The van der Waals surface area contributed by atoms with E-state index in [9.17, 15) is 0 Å². The lowest BCUT2D eigenvalue weighted by Gasteiger charge is -2.20. The van der Waals surface area contributed by atoms with E-state index in [2.05, 4.69) is 29.3 Å². The van der Waals surface area contributed by atoms with Crippen LogP contribution in [0.3, 0.4) is 0 Å². The molecule has 2 unspecified atom stereocenters. The smallest absolute Gasteiger partial charge is 0.180 e. The number of rotatable bonds is 3. The minimum Gasteiger partial charge on any atom is -0.326 e. The van der Waals surface area contributed by atoms with Crippen LogP contribution in [0, 0.1) is 0 Å². The van der Waals surface area contributed by atoms with Gasteiger partial charge in [-0.05, 0) is 24.0 Å². The average Bonchev–Trinajstić information content (AvgIpc) is 3.20. The molecule has 1 saturated carbocycles. The Kier molecular flexibility index (Phi) is 3.14. The number of hydrogen-bond acceptors (Lipinski definition) is 3. The Balaban J connectivity index is 1.62. The van der Waals surface area contributed by atoms with Crippen molar-refractivity contribution >= 4 is 0 Å². The molecular formula is C14H20N2O. The Morgan fingerprint density at radius 1 is 1.12 bits per heavy atom. The van der Waals surface area contributed by atoms with Crippen molar-refractivity contribution in [2.45, 2.75) is 50.9 Å². The van der Waals surface area contributed by atoms with Crippen molar-refractivity contribution in [1.29, 1.82) is 0 Å². The van der Waals surface area contributed by atoms with Gasteiger partial charge in [-0.25, -0.2) is 0 Å². The lowest BCUT2D eigenvalue weighted by Crippen LogP contribution is -2.21. The van der Waals surface area contributed by atoms with Gasteiger partial charge in [0.1, 0.15) is 0 Å². The highest BCUT2D eigenvalue weighted by Gasteiger charge is 2.43. The summed E-state index contributed by atoms with van der Waals surface area (Å²) in [6, 6.07) is 9.10. The van der Waals surface area contributed by atoms with E-state index in [-0.39, 0.29) is 6.23 Å². The molecule has 0 amide bonds. The van der Waals surface area contributed by atoms with Crippen LogP contribution in [0.4, 0.5) is 0 Å². The van der Waals surface area contributed by atoms with Crippen LogP contribution >= 0.6 is 0 Å². The van der Waals surface area contributed by atoms with Gasteiger partial charge in [-0.15, -0.1) is 5.06 Å². The van der Waals surface area contributed by atoms with E-state index >= 15 is 0 Å². The summed E-state index contributed by atoms with van der Waals surface area (Å²) in [6.07, 6.45) is 6.87. The van der Waals surface area contributed by atoms with Crippen molar-refractivity contribution in [3.8, 4) is 0 Å². The zero-order valence-electron chi connectivity index (χ0n) is 10.1. The molecule has 2 N–H and O–H groups in total. The molecule has 3 nitrogen and oxygen atoms in total. The fourth-order valence-electron chi connectivity index (χ4n) is 2.73. The predicted molar refractivity (Wildman–Crippen MR) is 66.9 cm³/mol. The van der Waals surface area contributed by atoms with Gasteiger partial charge in [0.15, 0.2) is 6.23 Å². The standard InChI is InChI=1S/C14H20N2O/c15-10-11-6-8-12(9-7-11)14-16(17-14)13-4-2-1-3-5-13/h6-9,13-14H,1-5,10,15H2. The van der Waals surface area contributed by atoms with Gasteiger partial charge in [-0.1, -0.05) is 43.5 Å². The normalized spacial score (nSPS) is 29.2. The van der Waals surface area contributed by atoms with Crippen LogP contribution in [0.25, 0.3) is 0 Å². The van der Waals surface area contributed by atoms with E-state index in [1.807, 2.05) is 0 Å². The van der Waals surface area contributed by atoms with Crippen LogP contribution < -0.4 is 5.73 Å². The topological polar surface area (TPSA) is 41.6 Å². The molecule has 0 radical (unpaired) electrons. The van der Waals surface area contributed by atoms with Gasteiger partial charge in [-0.3, -0.25) is 4.84 Å². The molecule has 2 atom stereocenters. The third-order valence-corrected chi connectivity index (χ3v) is 3.84. The number of nitrogens with zero attached hydrogens (tertiary/aromatic N) is 1. The monoisotopic (exact) mass is 232 g/mol. The summed E-state index contributed by atoms with van der Waals surface area (Å²) in [5.74, 6) is 0. The summed E-state index contributed by atoms with van der Waals surface area (Å²) in [5.41, 5.74) is 8.03. The Hall–Kier alpha value is -0.900. The van der Waals surface area contributed by atoms with Crippen molar-refractivity contribution in [2.24, 2.45) is 5.73 Å². The Morgan fingerprint density at radius 2 is 1.82 bits per heavy atom. The lowest BCUT2D eigenvalue weighted by atomic mass is 9.95. The van der Waals surface area contributed by atoms with Crippen LogP contribution in [0.1, 0.15) is 49.5 Å². The van der Waals surface area contributed by atoms with Crippen LogP contribution in [0.15, 0.2) is 24.3 Å². The van der Waals surface area contributed by atoms with E-state index in [0.29, 0.717) is 12.6 Å². The predicted octanol–water partition coefficient (Wildman–Crippen LogP) is 2.72. The molecule has 1 aliphatic heterocycles. The summed E-state index contributed by atoms with van der Waals surface area (Å²) >= 11 is 0. The second-order valence-corrected chi connectivity index (χ2v) is 5.06. The summed E-state index contributed by atoms with van der Waals surface area (Å²) in [5, 5.41) is 2.18. The van der Waals surface area contributed by atoms with Crippen molar-refractivity contribution < 1.29 is 4.84 Å². The van der Waals surface area contributed by atoms with Crippen LogP contribution in [-0.2, 0) is 11.4 Å². The number of benzene rings is 1. The van der Waals surface area contributed by atoms with E-state index in [1.165, 1.54) is 43.2 Å². The molecule has 1 heterocycles. The lowest BCUT2D eigenvalue weighted by molar-refractivity contribution is 0.119. The molecule has 3 heteroatoms. The second-order valence-electron chi connectivity index (χ2n) is 5.06. The molecular weight excluding hydrogens is 212 g/mol. The van der Waals surface area contributed by atoms with Gasteiger partial charge in [0.05, 0.1) is 0 Å². The van der Waals surface area contributed by atoms with Gasteiger partial charge in [0, 0.05) is 12.6 Å². The molecule has 0 aromatic heterocycles. The largest absolute Gasteiger partial charge is 0.326 e. The number of hydrogen-bond donors (Lipinski definition) is 1. The maximum atomic E-state index is 5.72. The summed E-state index contributed by atoms with van der Waals surface area (Å²) < 4.78 is 0. The first-order valence-electron chi connectivity index (χ1n) is 6.62. The molecule has 92 valence electrons. The zero-order valence-corrected chi connectivity index (χ0v) is 10.1. The Bertz CT molecular complexity index is 370. The molecule has 1 saturated heterocycles. The van der Waals surface area contributed by atoms with Gasteiger partial charge in [0.2, 0.25) is 0 Å². The highest BCUT2D eigenvalue weighted by Crippen LogP contribution is 2.42. The minimum absolute atomic E-state index is 0.199. The number of nitrogens with two attached hydrogens (primary N) is 1. The molecule has 0 bridgehead atoms. The summed E-state index contributed by atoms with van der Waals surface area (Å²) in [7, 11) is 0. The van der Waals surface area contributed by atoms with E-state index in [4.69, 9.17) is 10.6 Å². The van der Waals surface area contributed by atoms with Crippen molar-refractivity contribution in [2.75, 3.05) is 0 Å². The molecule has 2 aliphatic rings. The quantitative estimate of drug-likeness (QED) is 0.815. The zero-order chi connectivity index (χ0) is 11.7. The molecule has 1 aromatic rings. The van der Waals surface area contributed by atoms with E-state index in [0.717, 1.165) is 0 Å². The van der Waals surface area contributed by atoms with Crippen molar-refractivity contribution in [1.82, 2.24) is 5.06 Å². The Labute approximate surface area is 103 Å².